The zero-order valence-corrected chi connectivity index (χ0v) is 11.4. The van der Waals surface area contributed by atoms with Crippen molar-refractivity contribution in [2.75, 3.05) is 11.9 Å². The monoisotopic (exact) mass is 271 g/mol. The maximum absolute atomic E-state index is 11.5. The molecule has 0 aliphatic rings. The number of aliphatic hydroxyl groups is 1. The van der Waals surface area contributed by atoms with Crippen LogP contribution in [0.1, 0.15) is 26.0 Å². The first kappa shape index (κ1) is 14.6. The molecule has 0 saturated heterocycles. The highest BCUT2D eigenvalue weighted by molar-refractivity contribution is 7.14. The van der Waals surface area contributed by atoms with Gasteiger partial charge in [0.2, 0.25) is 0 Å². The van der Waals surface area contributed by atoms with Crippen molar-refractivity contribution in [3.63, 3.8) is 0 Å². The highest BCUT2D eigenvalue weighted by atomic mass is 32.1. The lowest BCUT2D eigenvalue weighted by atomic mass is 10.0. The van der Waals surface area contributed by atoms with Crippen LogP contribution in [0.4, 0.5) is 5.13 Å². The van der Waals surface area contributed by atoms with E-state index in [2.05, 4.69) is 15.6 Å². The third-order valence-corrected chi connectivity index (χ3v) is 3.31. The minimum atomic E-state index is -1.01. The van der Waals surface area contributed by atoms with E-state index >= 15 is 0 Å². The second-order valence-electron chi connectivity index (χ2n) is 4.28. The van der Waals surface area contributed by atoms with Crippen LogP contribution in [0.25, 0.3) is 0 Å². The van der Waals surface area contributed by atoms with Crippen molar-refractivity contribution >= 4 is 28.3 Å². The Balaban J connectivity index is 2.45. The minimum absolute atomic E-state index is 0.0344. The summed E-state index contributed by atoms with van der Waals surface area (Å²) in [6, 6.07) is 0. The smallest absolute Gasteiger partial charge is 0.315 e. The molecule has 0 spiro atoms. The van der Waals surface area contributed by atoms with Crippen LogP contribution in [-0.4, -0.2) is 34.1 Å². The number of amides is 2. The van der Waals surface area contributed by atoms with Gasteiger partial charge in [-0.05, 0) is 20.3 Å². The van der Waals surface area contributed by atoms with E-state index in [1.807, 2.05) is 0 Å². The Morgan fingerprint density at radius 1 is 1.50 bits per heavy atom. The molecule has 2 amide bonds. The van der Waals surface area contributed by atoms with E-state index in [0.29, 0.717) is 11.6 Å². The highest BCUT2D eigenvalue weighted by Crippen LogP contribution is 2.14. The molecule has 1 rings (SSSR count). The van der Waals surface area contributed by atoms with Crippen molar-refractivity contribution in [3.8, 4) is 0 Å². The van der Waals surface area contributed by atoms with Crippen LogP contribution < -0.4 is 10.6 Å². The van der Waals surface area contributed by atoms with E-state index in [-0.39, 0.29) is 6.54 Å². The van der Waals surface area contributed by atoms with Gasteiger partial charge in [0, 0.05) is 11.9 Å². The average molecular weight is 271 g/mol. The molecule has 0 bridgehead atoms. The van der Waals surface area contributed by atoms with Crippen molar-refractivity contribution in [3.05, 3.63) is 11.1 Å². The molecule has 18 heavy (non-hydrogen) atoms. The number of hydrogen-bond donors (Lipinski definition) is 3. The molecule has 100 valence electrons. The molecule has 0 saturated carbocycles. The fourth-order valence-electron chi connectivity index (χ4n) is 1.04. The summed E-state index contributed by atoms with van der Waals surface area (Å²) in [5.74, 6) is -1.56. The maximum Gasteiger partial charge on any atom is 0.315 e. The number of nitrogens with one attached hydrogen (secondary N) is 2. The van der Waals surface area contributed by atoms with E-state index in [1.165, 1.54) is 11.3 Å². The second kappa shape index (κ2) is 5.92. The fourth-order valence-corrected chi connectivity index (χ4v) is 1.72. The molecule has 1 aromatic heterocycles. The van der Waals surface area contributed by atoms with Crippen molar-refractivity contribution in [2.45, 2.75) is 32.8 Å². The van der Waals surface area contributed by atoms with E-state index in [0.717, 1.165) is 5.69 Å². The van der Waals surface area contributed by atoms with Crippen LogP contribution >= 0.6 is 11.3 Å². The first-order valence-corrected chi connectivity index (χ1v) is 6.45. The summed E-state index contributed by atoms with van der Waals surface area (Å²) in [6.45, 7) is 5.22. The summed E-state index contributed by atoms with van der Waals surface area (Å²) >= 11 is 1.25. The first-order valence-electron chi connectivity index (χ1n) is 5.58. The maximum atomic E-state index is 11.5. The van der Waals surface area contributed by atoms with Gasteiger partial charge >= 0.3 is 11.8 Å². The number of aryl methyl sites for hydroxylation is 1. The topological polar surface area (TPSA) is 91.3 Å². The van der Waals surface area contributed by atoms with E-state index < -0.39 is 17.4 Å². The SMILES string of the molecule is CC[C@@](C)(O)CNC(=O)C(=O)Nc1nc(C)cs1. The summed E-state index contributed by atoms with van der Waals surface area (Å²) in [6.07, 6.45) is 0.487. The molecule has 0 aliphatic heterocycles. The van der Waals surface area contributed by atoms with Gasteiger partial charge in [0.05, 0.1) is 11.3 Å². The summed E-state index contributed by atoms with van der Waals surface area (Å²) in [4.78, 5) is 27.0. The molecule has 7 heteroatoms. The Morgan fingerprint density at radius 2 is 2.17 bits per heavy atom. The van der Waals surface area contributed by atoms with Crippen LogP contribution in [0.5, 0.6) is 0 Å². The molecule has 0 unspecified atom stereocenters. The summed E-state index contributed by atoms with van der Waals surface area (Å²) in [7, 11) is 0. The molecule has 6 nitrogen and oxygen atoms in total. The lowest BCUT2D eigenvalue weighted by Gasteiger charge is -2.21. The number of carbonyl (C=O) groups is 2. The highest BCUT2D eigenvalue weighted by Gasteiger charge is 2.21. The van der Waals surface area contributed by atoms with Crippen LogP contribution in [0.3, 0.4) is 0 Å². The van der Waals surface area contributed by atoms with Crippen LogP contribution in [-0.2, 0) is 9.59 Å². The van der Waals surface area contributed by atoms with Crippen molar-refractivity contribution in [2.24, 2.45) is 0 Å². The zero-order chi connectivity index (χ0) is 13.8. The molecule has 1 aromatic rings. The summed E-state index contributed by atoms with van der Waals surface area (Å²) < 4.78 is 0. The Kier molecular flexibility index (Phi) is 4.80. The Labute approximate surface area is 109 Å². The standard InChI is InChI=1S/C11H17N3O3S/c1-4-11(3,17)6-12-8(15)9(16)14-10-13-7(2)5-18-10/h5,17H,4,6H2,1-3H3,(H,12,15)(H,13,14,16)/t11-/m1/s1. The number of carbonyl (C=O) groups excluding carboxylic acids is 2. The number of aromatic nitrogens is 1. The minimum Gasteiger partial charge on any atom is -0.388 e. The second-order valence-corrected chi connectivity index (χ2v) is 5.14. The van der Waals surface area contributed by atoms with Gasteiger partial charge in [-0.3, -0.25) is 14.9 Å². The number of hydrogen-bond acceptors (Lipinski definition) is 5. The zero-order valence-electron chi connectivity index (χ0n) is 10.6. The molecule has 0 fully saturated rings. The van der Waals surface area contributed by atoms with Gasteiger partial charge in [0.15, 0.2) is 5.13 Å². The lowest BCUT2D eigenvalue weighted by molar-refractivity contribution is -0.136. The largest absolute Gasteiger partial charge is 0.388 e. The van der Waals surface area contributed by atoms with Crippen molar-refractivity contribution in [1.82, 2.24) is 10.3 Å². The van der Waals surface area contributed by atoms with Gasteiger partial charge in [0.25, 0.3) is 0 Å². The van der Waals surface area contributed by atoms with Gasteiger partial charge < -0.3 is 10.4 Å². The molecule has 3 N–H and O–H groups in total. The molecule has 0 radical (unpaired) electrons. The quantitative estimate of drug-likeness (QED) is 0.702. The van der Waals surface area contributed by atoms with Gasteiger partial charge in [0.1, 0.15) is 0 Å². The van der Waals surface area contributed by atoms with E-state index in [9.17, 15) is 14.7 Å². The fraction of sp³-hybridized carbons (Fsp3) is 0.545. The lowest BCUT2D eigenvalue weighted by Crippen LogP contribution is -2.44. The Hall–Kier alpha value is -1.47. The van der Waals surface area contributed by atoms with E-state index in [4.69, 9.17) is 0 Å². The third-order valence-electron chi connectivity index (χ3n) is 2.44. The Morgan fingerprint density at radius 3 is 2.67 bits per heavy atom. The van der Waals surface area contributed by atoms with Crippen LogP contribution in [0, 0.1) is 6.92 Å². The summed E-state index contributed by atoms with van der Waals surface area (Å²) in [5, 5.41) is 16.6. The molecular weight excluding hydrogens is 254 g/mol. The first-order chi connectivity index (χ1) is 8.34. The van der Waals surface area contributed by atoms with Crippen LogP contribution in [0.15, 0.2) is 5.38 Å². The molecule has 1 atom stereocenters. The van der Waals surface area contributed by atoms with Crippen molar-refractivity contribution in [1.29, 1.82) is 0 Å². The molecular formula is C11H17N3O3S. The van der Waals surface area contributed by atoms with E-state index in [1.54, 1.807) is 26.2 Å². The van der Waals surface area contributed by atoms with Gasteiger partial charge in [-0.25, -0.2) is 4.98 Å². The molecule has 0 aliphatic carbocycles. The van der Waals surface area contributed by atoms with Gasteiger partial charge in [-0.2, -0.15) is 0 Å². The van der Waals surface area contributed by atoms with Crippen LogP contribution in [0.2, 0.25) is 0 Å². The normalized spacial score (nSPS) is 13.8. The predicted octanol–water partition coefficient (Wildman–Crippen LogP) is 0.667. The van der Waals surface area contributed by atoms with Gasteiger partial charge in [-0.15, -0.1) is 11.3 Å². The van der Waals surface area contributed by atoms with Gasteiger partial charge in [-0.1, -0.05) is 6.92 Å². The number of anilines is 1. The predicted molar refractivity (Wildman–Crippen MR) is 69.4 cm³/mol. The summed E-state index contributed by atoms with van der Waals surface area (Å²) in [5.41, 5.74) is -0.224. The third kappa shape index (κ3) is 4.42. The number of nitrogens with zero attached hydrogens (tertiary/aromatic N) is 1. The van der Waals surface area contributed by atoms with Crippen molar-refractivity contribution < 1.29 is 14.7 Å². The average Bonchev–Trinajstić information content (AvgIpc) is 2.71. The number of thiazole rings is 1. The Bertz CT molecular complexity index is 442. The molecule has 1 heterocycles. The number of rotatable bonds is 4. The molecule has 0 aromatic carbocycles.